The van der Waals surface area contributed by atoms with Gasteiger partial charge >= 0.3 is 5.97 Å². The third-order valence-corrected chi connectivity index (χ3v) is 3.51. The number of anilines is 1. The van der Waals surface area contributed by atoms with Crippen molar-refractivity contribution in [3.8, 4) is 0 Å². The first-order valence-corrected chi connectivity index (χ1v) is 6.92. The summed E-state index contributed by atoms with van der Waals surface area (Å²) in [6.45, 7) is 0. The number of aromatic nitrogens is 1. The van der Waals surface area contributed by atoms with Gasteiger partial charge in [-0.15, -0.1) is 0 Å². The molecular weight excluding hydrogens is 299 g/mol. The average molecular weight is 312 g/mol. The molecule has 0 aliphatic heterocycles. The van der Waals surface area contributed by atoms with Crippen LogP contribution < -0.4 is 5.32 Å². The Labute approximate surface area is 130 Å². The van der Waals surface area contributed by atoms with Crippen molar-refractivity contribution >= 4 is 28.5 Å². The quantitative estimate of drug-likeness (QED) is 0.692. The molecule has 3 rings (SSSR count). The van der Waals surface area contributed by atoms with Gasteiger partial charge in [-0.1, -0.05) is 18.2 Å². The van der Waals surface area contributed by atoms with E-state index in [1.165, 1.54) is 0 Å². The summed E-state index contributed by atoms with van der Waals surface area (Å²) < 4.78 is 13.7. The van der Waals surface area contributed by atoms with Gasteiger partial charge in [-0.05, 0) is 29.8 Å². The maximum absolute atomic E-state index is 13.7. The van der Waals surface area contributed by atoms with E-state index in [-0.39, 0.29) is 17.7 Å². The fraction of sp³-hybridized carbons (Fsp3) is 0.0588. The molecule has 1 aromatic heterocycles. The molecule has 0 spiro atoms. The lowest BCUT2D eigenvalue weighted by atomic mass is 10.1. The molecule has 1 heterocycles. The Morgan fingerprint density at radius 3 is 2.74 bits per heavy atom. The molecule has 3 N–H and O–H groups in total. The number of amides is 1. The summed E-state index contributed by atoms with van der Waals surface area (Å²) >= 11 is 0. The number of aromatic amines is 1. The van der Waals surface area contributed by atoms with Crippen molar-refractivity contribution in [2.24, 2.45) is 0 Å². The number of rotatable bonds is 4. The minimum Gasteiger partial charge on any atom is -0.478 e. The summed E-state index contributed by atoms with van der Waals surface area (Å²) in [5.41, 5.74) is 1.46. The highest BCUT2D eigenvalue weighted by Crippen LogP contribution is 2.20. The van der Waals surface area contributed by atoms with Crippen LogP contribution in [0.15, 0.2) is 48.7 Å². The number of carbonyl (C=O) groups excluding carboxylic acids is 1. The summed E-state index contributed by atoms with van der Waals surface area (Å²) in [6.07, 6.45) is 1.79. The standard InChI is InChI=1S/C17H13FN2O3/c18-13-6-5-10(17(22)23)7-15(13)20-16(21)8-11-9-19-14-4-2-1-3-12(11)14/h1-7,9,19H,8H2,(H,20,21)(H,22,23). The van der Waals surface area contributed by atoms with Crippen molar-refractivity contribution in [1.82, 2.24) is 4.98 Å². The zero-order valence-electron chi connectivity index (χ0n) is 12.0. The molecule has 0 fully saturated rings. The second kappa shape index (κ2) is 5.92. The summed E-state index contributed by atoms with van der Waals surface area (Å²) in [7, 11) is 0. The van der Waals surface area contributed by atoms with Gasteiger partial charge in [0, 0.05) is 17.1 Å². The first kappa shape index (κ1) is 14.8. The van der Waals surface area contributed by atoms with Crippen molar-refractivity contribution in [2.45, 2.75) is 6.42 Å². The van der Waals surface area contributed by atoms with E-state index in [9.17, 15) is 14.0 Å². The van der Waals surface area contributed by atoms with Crippen molar-refractivity contribution in [3.05, 3.63) is 65.6 Å². The topological polar surface area (TPSA) is 82.2 Å². The van der Waals surface area contributed by atoms with Gasteiger partial charge in [-0.25, -0.2) is 9.18 Å². The van der Waals surface area contributed by atoms with Crippen LogP contribution in [0, 0.1) is 5.82 Å². The van der Waals surface area contributed by atoms with Gasteiger partial charge < -0.3 is 15.4 Å². The van der Waals surface area contributed by atoms with Gasteiger partial charge in [0.25, 0.3) is 0 Å². The normalized spacial score (nSPS) is 10.7. The van der Waals surface area contributed by atoms with Crippen LogP contribution in [0.4, 0.5) is 10.1 Å². The first-order chi connectivity index (χ1) is 11.0. The largest absolute Gasteiger partial charge is 0.478 e. The van der Waals surface area contributed by atoms with Gasteiger partial charge in [-0.2, -0.15) is 0 Å². The predicted molar refractivity (Wildman–Crippen MR) is 84.0 cm³/mol. The van der Waals surface area contributed by atoms with E-state index < -0.39 is 17.7 Å². The molecular formula is C17H13FN2O3. The molecule has 3 aromatic rings. The van der Waals surface area contributed by atoms with Crippen molar-refractivity contribution in [1.29, 1.82) is 0 Å². The van der Waals surface area contributed by atoms with Crippen molar-refractivity contribution in [2.75, 3.05) is 5.32 Å². The number of aromatic carboxylic acids is 1. The molecule has 2 aromatic carbocycles. The van der Waals surface area contributed by atoms with Gasteiger partial charge in [0.15, 0.2) is 0 Å². The third kappa shape index (κ3) is 3.06. The zero-order valence-corrected chi connectivity index (χ0v) is 12.0. The van der Waals surface area contributed by atoms with Gasteiger partial charge in [0.05, 0.1) is 17.7 Å². The molecule has 5 nitrogen and oxygen atoms in total. The molecule has 0 aliphatic carbocycles. The monoisotopic (exact) mass is 312 g/mol. The summed E-state index contributed by atoms with van der Waals surface area (Å²) in [4.78, 5) is 26.1. The number of carboxylic acids is 1. The fourth-order valence-corrected chi connectivity index (χ4v) is 2.40. The SMILES string of the molecule is O=C(Cc1c[nH]c2ccccc12)Nc1cc(C(=O)O)ccc1F. The van der Waals surface area contributed by atoms with Crippen LogP contribution in [0.2, 0.25) is 0 Å². The van der Waals surface area contributed by atoms with Gasteiger partial charge in [0.1, 0.15) is 5.82 Å². The predicted octanol–water partition coefficient (Wildman–Crippen LogP) is 3.19. The van der Waals surface area contributed by atoms with E-state index in [1.807, 2.05) is 24.3 Å². The molecule has 0 unspecified atom stereocenters. The summed E-state index contributed by atoms with van der Waals surface area (Å²) in [5.74, 6) is -2.28. The third-order valence-electron chi connectivity index (χ3n) is 3.51. The molecule has 0 radical (unpaired) electrons. The van der Waals surface area contributed by atoms with Crippen LogP contribution in [-0.2, 0) is 11.2 Å². The molecule has 0 atom stereocenters. The van der Waals surface area contributed by atoms with Crippen LogP contribution in [0.3, 0.4) is 0 Å². The van der Waals surface area contributed by atoms with E-state index in [2.05, 4.69) is 10.3 Å². The second-order valence-corrected chi connectivity index (χ2v) is 5.08. The molecule has 0 bridgehead atoms. The number of para-hydroxylation sites is 1. The Morgan fingerprint density at radius 2 is 1.96 bits per heavy atom. The second-order valence-electron chi connectivity index (χ2n) is 5.08. The van der Waals surface area contributed by atoms with Gasteiger partial charge in [0.2, 0.25) is 5.91 Å². The number of halogens is 1. The Balaban J connectivity index is 1.80. The number of carboxylic acid groups (broad SMARTS) is 1. The number of fused-ring (bicyclic) bond motifs is 1. The molecule has 0 aliphatic rings. The van der Waals surface area contributed by atoms with Crippen LogP contribution in [0.25, 0.3) is 10.9 Å². The lowest BCUT2D eigenvalue weighted by Gasteiger charge is -2.07. The van der Waals surface area contributed by atoms with Gasteiger partial charge in [-0.3, -0.25) is 4.79 Å². The van der Waals surface area contributed by atoms with E-state index in [4.69, 9.17) is 5.11 Å². The number of benzene rings is 2. The molecule has 1 amide bonds. The number of H-pyrrole nitrogens is 1. The van der Waals surface area contributed by atoms with Crippen LogP contribution >= 0.6 is 0 Å². The summed E-state index contributed by atoms with van der Waals surface area (Å²) in [6, 6.07) is 10.8. The van der Waals surface area contributed by atoms with Crippen LogP contribution in [-0.4, -0.2) is 22.0 Å². The molecule has 23 heavy (non-hydrogen) atoms. The lowest BCUT2D eigenvalue weighted by Crippen LogP contribution is -2.15. The average Bonchev–Trinajstić information content (AvgIpc) is 2.92. The van der Waals surface area contributed by atoms with E-state index in [0.29, 0.717) is 0 Å². The Morgan fingerprint density at radius 1 is 1.17 bits per heavy atom. The van der Waals surface area contributed by atoms with E-state index in [0.717, 1.165) is 34.7 Å². The Bertz CT molecular complexity index is 902. The minimum absolute atomic E-state index is 0.0563. The van der Waals surface area contributed by atoms with E-state index in [1.54, 1.807) is 6.20 Å². The minimum atomic E-state index is -1.18. The highest BCUT2D eigenvalue weighted by Gasteiger charge is 2.13. The maximum Gasteiger partial charge on any atom is 0.335 e. The van der Waals surface area contributed by atoms with E-state index >= 15 is 0 Å². The Hall–Kier alpha value is -3.15. The number of hydrogen-bond donors (Lipinski definition) is 3. The highest BCUT2D eigenvalue weighted by molar-refractivity contribution is 5.97. The highest BCUT2D eigenvalue weighted by atomic mass is 19.1. The van der Waals surface area contributed by atoms with Crippen LogP contribution in [0.1, 0.15) is 15.9 Å². The van der Waals surface area contributed by atoms with Crippen molar-refractivity contribution < 1.29 is 19.1 Å². The number of hydrogen-bond acceptors (Lipinski definition) is 2. The zero-order chi connectivity index (χ0) is 16.4. The maximum atomic E-state index is 13.7. The Kier molecular flexibility index (Phi) is 3.80. The van der Waals surface area contributed by atoms with Crippen LogP contribution in [0.5, 0.6) is 0 Å². The lowest BCUT2D eigenvalue weighted by molar-refractivity contribution is -0.115. The molecule has 0 saturated heterocycles. The molecule has 6 heteroatoms. The number of carbonyl (C=O) groups is 2. The smallest absolute Gasteiger partial charge is 0.335 e. The summed E-state index contributed by atoms with van der Waals surface area (Å²) in [5, 5.41) is 12.3. The first-order valence-electron chi connectivity index (χ1n) is 6.92. The molecule has 116 valence electrons. The fourth-order valence-electron chi connectivity index (χ4n) is 2.40. The molecule has 0 saturated carbocycles. The van der Waals surface area contributed by atoms with Crippen molar-refractivity contribution in [3.63, 3.8) is 0 Å². The number of nitrogens with one attached hydrogen (secondary N) is 2.